The van der Waals surface area contributed by atoms with E-state index in [1.807, 2.05) is 0 Å². The SMILES string of the molecule is CCCCCCCCCCCCCCCCCCCCCCCCC(=O)O[C@H](COC(=O)CCCCCCCCCCCCCCCCCC(C)C)COP(=O)(O)OC[C@@H](O)COP(=O)(O)OC[C@@H](COC(=O)CCCCCCCCCCC(C)C)OC(=O)CCCCCCCCCCCCCCCCCC(C)C. The van der Waals surface area contributed by atoms with E-state index in [2.05, 4.69) is 48.5 Å². The second-order valence-corrected chi connectivity index (χ2v) is 36.7. The lowest BCUT2D eigenvalue weighted by molar-refractivity contribution is -0.161. The van der Waals surface area contributed by atoms with Crippen LogP contribution in [-0.4, -0.2) is 96.7 Å². The van der Waals surface area contributed by atoms with E-state index in [4.69, 9.17) is 37.0 Å². The van der Waals surface area contributed by atoms with Crippen LogP contribution < -0.4 is 0 Å². The van der Waals surface area contributed by atoms with Crippen LogP contribution in [-0.2, 0) is 65.4 Å². The first kappa shape index (κ1) is 107. The number of ether oxygens (including phenoxy) is 4. The first-order valence-corrected chi connectivity index (χ1v) is 49.3. The molecule has 0 bridgehead atoms. The molecule has 0 aliphatic heterocycles. The molecule has 0 heterocycles. The Morgan fingerprint density at radius 2 is 0.422 bits per heavy atom. The Morgan fingerprint density at radius 1 is 0.248 bits per heavy atom. The molecule has 0 aromatic heterocycles. The predicted octanol–water partition coefficient (Wildman–Crippen LogP) is 27.6. The molecular formula is C90H176O17P2. The molecule has 0 fully saturated rings. The molecule has 0 aliphatic carbocycles. The van der Waals surface area contributed by atoms with E-state index >= 15 is 0 Å². The van der Waals surface area contributed by atoms with Gasteiger partial charge >= 0.3 is 39.5 Å². The lowest BCUT2D eigenvalue weighted by Crippen LogP contribution is -2.30. The average molecular weight is 1590 g/mol. The van der Waals surface area contributed by atoms with E-state index < -0.39 is 97.5 Å². The van der Waals surface area contributed by atoms with Crippen LogP contribution in [0.25, 0.3) is 0 Å². The number of carbonyl (C=O) groups excluding carboxylic acids is 4. The summed E-state index contributed by atoms with van der Waals surface area (Å²) < 4.78 is 69.0. The highest BCUT2D eigenvalue weighted by Gasteiger charge is 2.31. The van der Waals surface area contributed by atoms with Crippen molar-refractivity contribution < 1.29 is 80.2 Å². The zero-order valence-corrected chi connectivity index (χ0v) is 73.8. The molecule has 17 nitrogen and oxygen atoms in total. The summed E-state index contributed by atoms with van der Waals surface area (Å²) in [6.45, 7) is 12.0. The number of aliphatic hydroxyl groups is 1. The van der Waals surface area contributed by atoms with Gasteiger partial charge in [0, 0.05) is 25.7 Å². The normalized spacial score (nSPS) is 13.8. The zero-order chi connectivity index (χ0) is 80.0. The Labute approximate surface area is 670 Å². The van der Waals surface area contributed by atoms with Gasteiger partial charge in [0.2, 0.25) is 0 Å². The van der Waals surface area contributed by atoms with Crippen LogP contribution in [0.5, 0.6) is 0 Å². The second-order valence-electron chi connectivity index (χ2n) is 33.8. The molecule has 0 radical (unpaired) electrons. The van der Waals surface area contributed by atoms with Gasteiger partial charge in [0.05, 0.1) is 26.4 Å². The number of aliphatic hydroxyl groups excluding tert-OH is 1. The molecule has 0 amide bonds. The molecule has 3 N–H and O–H groups in total. The van der Waals surface area contributed by atoms with Gasteiger partial charge < -0.3 is 33.8 Å². The van der Waals surface area contributed by atoms with Crippen molar-refractivity contribution in [3.8, 4) is 0 Å². The Balaban J connectivity index is 5.23. The van der Waals surface area contributed by atoms with E-state index in [0.717, 1.165) is 108 Å². The topological polar surface area (TPSA) is 237 Å². The maximum Gasteiger partial charge on any atom is 0.472 e. The Bertz CT molecular complexity index is 2100. The molecule has 0 rings (SSSR count). The van der Waals surface area contributed by atoms with Crippen molar-refractivity contribution in [3.05, 3.63) is 0 Å². The lowest BCUT2D eigenvalue weighted by Gasteiger charge is -2.21. The minimum atomic E-state index is -4.97. The van der Waals surface area contributed by atoms with Crippen molar-refractivity contribution in [3.63, 3.8) is 0 Å². The van der Waals surface area contributed by atoms with Gasteiger partial charge in [-0.1, -0.05) is 427 Å². The fourth-order valence-corrected chi connectivity index (χ4v) is 15.7. The zero-order valence-electron chi connectivity index (χ0n) is 72.0. The fourth-order valence-electron chi connectivity index (χ4n) is 14.1. The third kappa shape index (κ3) is 83.8. The van der Waals surface area contributed by atoms with Crippen LogP contribution in [0.2, 0.25) is 0 Å². The summed E-state index contributed by atoms with van der Waals surface area (Å²) in [4.78, 5) is 73.4. The quantitative estimate of drug-likeness (QED) is 0.0222. The van der Waals surface area contributed by atoms with Crippen LogP contribution in [0.4, 0.5) is 0 Å². The third-order valence-corrected chi connectivity index (χ3v) is 23.0. The van der Waals surface area contributed by atoms with Crippen LogP contribution in [0.3, 0.4) is 0 Å². The molecule has 0 aromatic carbocycles. The number of phosphoric ester groups is 2. The van der Waals surface area contributed by atoms with Crippen molar-refractivity contribution in [2.75, 3.05) is 39.6 Å². The van der Waals surface area contributed by atoms with Crippen LogP contribution in [0.15, 0.2) is 0 Å². The van der Waals surface area contributed by atoms with Crippen molar-refractivity contribution in [1.29, 1.82) is 0 Å². The van der Waals surface area contributed by atoms with Crippen molar-refractivity contribution in [2.24, 2.45) is 17.8 Å². The van der Waals surface area contributed by atoms with Crippen LogP contribution in [0.1, 0.15) is 479 Å². The van der Waals surface area contributed by atoms with E-state index in [1.165, 1.54) is 289 Å². The van der Waals surface area contributed by atoms with E-state index in [-0.39, 0.29) is 25.7 Å². The molecule has 0 saturated carbocycles. The van der Waals surface area contributed by atoms with E-state index in [1.54, 1.807) is 0 Å². The molecule has 648 valence electrons. The van der Waals surface area contributed by atoms with Crippen molar-refractivity contribution in [2.45, 2.75) is 497 Å². The lowest BCUT2D eigenvalue weighted by atomic mass is 10.0. The molecule has 0 saturated heterocycles. The van der Waals surface area contributed by atoms with Crippen LogP contribution >= 0.6 is 15.6 Å². The number of unbranched alkanes of at least 4 members (excludes halogenated alkanes) is 56. The highest BCUT2D eigenvalue weighted by Crippen LogP contribution is 2.45. The molecule has 2 unspecified atom stereocenters. The monoisotopic (exact) mass is 1590 g/mol. The smallest absolute Gasteiger partial charge is 0.462 e. The first-order chi connectivity index (χ1) is 52.7. The maximum atomic E-state index is 13.2. The van der Waals surface area contributed by atoms with Gasteiger partial charge in [0.15, 0.2) is 12.2 Å². The van der Waals surface area contributed by atoms with Gasteiger partial charge in [-0.3, -0.25) is 37.3 Å². The first-order valence-electron chi connectivity index (χ1n) is 46.3. The number of phosphoric acid groups is 2. The van der Waals surface area contributed by atoms with Gasteiger partial charge in [-0.15, -0.1) is 0 Å². The summed E-state index contributed by atoms with van der Waals surface area (Å²) in [5, 5.41) is 10.7. The number of carbonyl (C=O) groups is 4. The van der Waals surface area contributed by atoms with Gasteiger partial charge in [-0.05, 0) is 43.4 Å². The number of rotatable bonds is 88. The number of hydrogen-bond donors (Lipinski definition) is 3. The molecule has 19 heteroatoms. The largest absolute Gasteiger partial charge is 0.472 e. The van der Waals surface area contributed by atoms with Gasteiger partial charge in [0.1, 0.15) is 19.3 Å². The summed E-state index contributed by atoms with van der Waals surface area (Å²) in [6.07, 6.45) is 72.4. The fraction of sp³-hybridized carbons (Fsp3) is 0.956. The standard InChI is InChI=1S/C90H176O17P2/c1-8-9-10-11-12-13-14-15-16-17-18-19-20-21-22-27-33-38-43-52-59-66-73-89(94)106-85(77-100-87(92)71-64-57-50-42-37-32-28-23-25-30-35-40-47-54-61-68-81(2)3)79-104-108(96,97)102-75-84(91)76-103-109(98,99)105-80-86(78-101-88(93)72-65-58-51-46-45-49-56-63-70-83(6)7)107-90(95)74-67-60-53-44-39-34-29-24-26-31-36-41-48-55-62-69-82(4)5/h81-86,91H,8-80H2,1-7H3,(H,96,97)(H,98,99)/t84-,85-,86-/m1/s1. The second kappa shape index (κ2) is 79.9. The Hall–Kier alpha value is -1.94. The highest BCUT2D eigenvalue weighted by atomic mass is 31.2. The average Bonchev–Trinajstić information content (AvgIpc) is 0.898. The van der Waals surface area contributed by atoms with Crippen molar-refractivity contribution in [1.82, 2.24) is 0 Å². The maximum absolute atomic E-state index is 13.2. The van der Waals surface area contributed by atoms with E-state index in [9.17, 15) is 43.2 Å². The number of esters is 4. The molecule has 0 aliphatic rings. The summed E-state index contributed by atoms with van der Waals surface area (Å²) in [7, 11) is -9.94. The summed E-state index contributed by atoms with van der Waals surface area (Å²) in [5.74, 6) is 0.234. The summed E-state index contributed by atoms with van der Waals surface area (Å²) in [5.41, 5.74) is 0. The predicted molar refractivity (Wildman–Crippen MR) is 451 cm³/mol. The van der Waals surface area contributed by atoms with Gasteiger partial charge in [-0.25, -0.2) is 9.13 Å². The third-order valence-electron chi connectivity index (χ3n) is 21.1. The van der Waals surface area contributed by atoms with Crippen LogP contribution in [0, 0.1) is 17.8 Å². The number of hydrogen-bond acceptors (Lipinski definition) is 15. The summed E-state index contributed by atoms with van der Waals surface area (Å²) >= 11 is 0. The highest BCUT2D eigenvalue weighted by molar-refractivity contribution is 7.47. The Kier molecular flexibility index (Phi) is 78.5. The molecule has 0 aromatic rings. The molecular weight excluding hydrogens is 1410 g/mol. The minimum Gasteiger partial charge on any atom is -0.462 e. The minimum absolute atomic E-state index is 0.107. The van der Waals surface area contributed by atoms with E-state index in [0.29, 0.717) is 25.7 Å². The molecule has 5 atom stereocenters. The van der Waals surface area contributed by atoms with Gasteiger partial charge in [0.25, 0.3) is 0 Å². The van der Waals surface area contributed by atoms with Gasteiger partial charge in [-0.2, -0.15) is 0 Å². The van der Waals surface area contributed by atoms with Crippen molar-refractivity contribution >= 4 is 39.5 Å². The summed E-state index contributed by atoms with van der Waals surface area (Å²) in [6, 6.07) is 0. The molecule has 109 heavy (non-hydrogen) atoms. The Morgan fingerprint density at radius 3 is 0.624 bits per heavy atom. The molecule has 0 spiro atoms.